The van der Waals surface area contributed by atoms with E-state index < -0.39 is 0 Å². The van der Waals surface area contributed by atoms with Gasteiger partial charge in [-0.3, -0.25) is 4.68 Å². The molecule has 1 aliphatic rings. The number of hydrogen-bond donors (Lipinski definition) is 1. The molecule has 4 nitrogen and oxygen atoms in total. The molecule has 0 spiro atoms. The highest BCUT2D eigenvalue weighted by atomic mass is 16.5. The Hall–Kier alpha value is -0.870. The summed E-state index contributed by atoms with van der Waals surface area (Å²) in [4.78, 5) is 0. The van der Waals surface area contributed by atoms with Gasteiger partial charge in [-0.1, -0.05) is 6.92 Å². The predicted molar refractivity (Wildman–Crippen MR) is 72.6 cm³/mol. The van der Waals surface area contributed by atoms with Gasteiger partial charge in [0, 0.05) is 19.7 Å². The monoisotopic (exact) mass is 251 g/mol. The molecule has 0 aliphatic carbocycles. The molecule has 18 heavy (non-hydrogen) atoms. The van der Waals surface area contributed by atoms with Gasteiger partial charge in [0.2, 0.25) is 0 Å². The third-order valence-corrected chi connectivity index (χ3v) is 3.65. The van der Waals surface area contributed by atoms with Gasteiger partial charge in [-0.05, 0) is 45.2 Å². The van der Waals surface area contributed by atoms with Crippen LogP contribution < -0.4 is 5.32 Å². The number of rotatable bonds is 6. The SMILES string of the molecule is CCNC(CCC1CCCO1)c1cc(C)nn1C. The Labute approximate surface area is 110 Å². The van der Waals surface area contributed by atoms with Crippen LogP contribution in [0, 0.1) is 6.92 Å². The Bertz CT molecular complexity index is 369. The summed E-state index contributed by atoms with van der Waals surface area (Å²) < 4.78 is 7.70. The molecule has 1 saturated heterocycles. The zero-order valence-electron chi connectivity index (χ0n) is 11.8. The van der Waals surface area contributed by atoms with E-state index in [4.69, 9.17) is 4.74 Å². The van der Waals surface area contributed by atoms with Crippen LogP contribution in [-0.4, -0.2) is 29.0 Å². The van der Waals surface area contributed by atoms with E-state index in [1.54, 1.807) is 0 Å². The maximum Gasteiger partial charge on any atom is 0.0597 e. The molecule has 102 valence electrons. The minimum Gasteiger partial charge on any atom is -0.378 e. The Morgan fingerprint density at radius 3 is 3.00 bits per heavy atom. The predicted octanol–water partition coefficient (Wildman–Crippen LogP) is 2.34. The van der Waals surface area contributed by atoms with E-state index in [1.165, 1.54) is 18.5 Å². The zero-order chi connectivity index (χ0) is 13.0. The standard InChI is InChI=1S/C14H25N3O/c1-4-15-13(8-7-12-6-5-9-18-12)14-10-11(2)16-17(14)3/h10,12-13,15H,4-9H2,1-3H3. The van der Waals surface area contributed by atoms with E-state index >= 15 is 0 Å². The molecule has 0 aromatic carbocycles. The second kappa shape index (κ2) is 6.34. The lowest BCUT2D eigenvalue weighted by Gasteiger charge is -2.19. The first-order chi connectivity index (χ1) is 8.70. The topological polar surface area (TPSA) is 39.1 Å². The van der Waals surface area contributed by atoms with E-state index in [2.05, 4.69) is 23.4 Å². The summed E-state index contributed by atoms with van der Waals surface area (Å²) in [6, 6.07) is 2.58. The summed E-state index contributed by atoms with van der Waals surface area (Å²) >= 11 is 0. The van der Waals surface area contributed by atoms with Gasteiger partial charge in [-0.25, -0.2) is 0 Å². The average molecular weight is 251 g/mol. The fourth-order valence-corrected chi connectivity index (χ4v) is 2.78. The molecule has 0 amide bonds. The summed E-state index contributed by atoms with van der Waals surface area (Å²) in [5.41, 5.74) is 2.37. The molecule has 0 radical (unpaired) electrons. The van der Waals surface area contributed by atoms with Crippen molar-refractivity contribution in [1.29, 1.82) is 0 Å². The van der Waals surface area contributed by atoms with Crippen LogP contribution in [0.4, 0.5) is 0 Å². The molecular formula is C14H25N3O. The Balaban J connectivity index is 1.96. The van der Waals surface area contributed by atoms with Crippen molar-refractivity contribution >= 4 is 0 Å². The third-order valence-electron chi connectivity index (χ3n) is 3.65. The van der Waals surface area contributed by atoms with Crippen molar-refractivity contribution in [2.75, 3.05) is 13.2 Å². The lowest BCUT2D eigenvalue weighted by Crippen LogP contribution is -2.24. The zero-order valence-corrected chi connectivity index (χ0v) is 11.8. The van der Waals surface area contributed by atoms with Gasteiger partial charge in [0.1, 0.15) is 0 Å². The van der Waals surface area contributed by atoms with Crippen LogP contribution in [0.3, 0.4) is 0 Å². The first-order valence-corrected chi connectivity index (χ1v) is 7.06. The van der Waals surface area contributed by atoms with Crippen LogP contribution in [0.2, 0.25) is 0 Å². The highest BCUT2D eigenvalue weighted by molar-refractivity contribution is 5.13. The minimum absolute atomic E-state index is 0.394. The van der Waals surface area contributed by atoms with E-state index in [0.717, 1.165) is 31.7 Å². The summed E-state index contributed by atoms with van der Waals surface area (Å²) in [5.74, 6) is 0. The van der Waals surface area contributed by atoms with Crippen molar-refractivity contribution in [1.82, 2.24) is 15.1 Å². The van der Waals surface area contributed by atoms with Gasteiger partial charge in [0.05, 0.1) is 17.5 Å². The van der Waals surface area contributed by atoms with Crippen LogP contribution >= 0.6 is 0 Å². The first kappa shape index (κ1) is 13.6. The highest BCUT2D eigenvalue weighted by Crippen LogP contribution is 2.24. The molecule has 0 bridgehead atoms. The van der Waals surface area contributed by atoms with Crippen LogP contribution in [0.15, 0.2) is 6.07 Å². The maximum atomic E-state index is 5.70. The average Bonchev–Trinajstić information content (AvgIpc) is 2.94. The van der Waals surface area contributed by atoms with Crippen molar-refractivity contribution in [3.05, 3.63) is 17.5 Å². The largest absolute Gasteiger partial charge is 0.378 e. The Morgan fingerprint density at radius 2 is 2.44 bits per heavy atom. The van der Waals surface area contributed by atoms with E-state index in [1.807, 2.05) is 18.7 Å². The van der Waals surface area contributed by atoms with Crippen molar-refractivity contribution in [3.63, 3.8) is 0 Å². The van der Waals surface area contributed by atoms with Crippen molar-refractivity contribution in [3.8, 4) is 0 Å². The van der Waals surface area contributed by atoms with Gasteiger partial charge in [0.15, 0.2) is 0 Å². The highest BCUT2D eigenvalue weighted by Gasteiger charge is 2.20. The van der Waals surface area contributed by atoms with Crippen molar-refractivity contribution in [2.45, 2.75) is 51.7 Å². The number of nitrogens with zero attached hydrogens (tertiary/aromatic N) is 2. The molecule has 2 heterocycles. The molecule has 1 aromatic heterocycles. The maximum absolute atomic E-state index is 5.70. The van der Waals surface area contributed by atoms with Crippen LogP contribution in [-0.2, 0) is 11.8 Å². The molecular weight excluding hydrogens is 226 g/mol. The summed E-state index contributed by atoms with van der Waals surface area (Å²) in [5, 5.41) is 8.00. The fraction of sp³-hybridized carbons (Fsp3) is 0.786. The van der Waals surface area contributed by atoms with Crippen molar-refractivity contribution < 1.29 is 4.74 Å². The molecule has 1 aliphatic heterocycles. The van der Waals surface area contributed by atoms with Crippen molar-refractivity contribution in [2.24, 2.45) is 7.05 Å². The number of ether oxygens (including phenoxy) is 1. The van der Waals surface area contributed by atoms with E-state index in [0.29, 0.717) is 12.1 Å². The van der Waals surface area contributed by atoms with E-state index in [9.17, 15) is 0 Å². The molecule has 2 atom stereocenters. The van der Waals surface area contributed by atoms with Gasteiger partial charge in [0.25, 0.3) is 0 Å². The number of aromatic nitrogens is 2. The van der Waals surface area contributed by atoms with Gasteiger partial charge < -0.3 is 10.1 Å². The molecule has 4 heteroatoms. The third kappa shape index (κ3) is 3.33. The molecule has 1 aromatic rings. The van der Waals surface area contributed by atoms with Crippen LogP contribution in [0.5, 0.6) is 0 Å². The first-order valence-electron chi connectivity index (χ1n) is 7.06. The number of nitrogens with one attached hydrogen (secondary N) is 1. The smallest absolute Gasteiger partial charge is 0.0597 e. The molecule has 2 rings (SSSR count). The van der Waals surface area contributed by atoms with Gasteiger partial charge >= 0.3 is 0 Å². The number of hydrogen-bond acceptors (Lipinski definition) is 3. The second-order valence-corrected chi connectivity index (χ2v) is 5.16. The molecule has 2 unspecified atom stereocenters. The minimum atomic E-state index is 0.394. The van der Waals surface area contributed by atoms with Crippen LogP contribution in [0.25, 0.3) is 0 Å². The Kier molecular flexibility index (Phi) is 4.78. The van der Waals surface area contributed by atoms with Gasteiger partial charge in [-0.2, -0.15) is 5.10 Å². The molecule has 1 N–H and O–H groups in total. The molecule has 1 fully saturated rings. The lowest BCUT2D eigenvalue weighted by atomic mass is 10.0. The Morgan fingerprint density at radius 1 is 1.61 bits per heavy atom. The lowest BCUT2D eigenvalue weighted by molar-refractivity contribution is 0.0994. The summed E-state index contributed by atoms with van der Waals surface area (Å²) in [6.07, 6.45) is 5.18. The normalized spacial score (nSPS) is 21.4. The summed E-state index contributed by atoms with van der Waals surface area (Å²) in [6.45, 7) is 6.14. The van der Waals surface area contributed by atoms with E-state index in [-0.39, 0.29) is 0 Å². The fourth-order valence-electron chi connectivity index (χ4n) is 2.78. The quantitative estimate of drug-likeness (QED) is 0.843. The van der Waals surface area contributed by atoms with Gasteiger partial charge in [-0.15, -0.1) is 0 Å². The summed E-state index contributed by atoms with van der Waals surface area (Å²) in [7, 11) is 2.03. The second-order valence-electron chi connectivity index (χ2n) is 5.16. The van der Waals surface area contributed by atoms with Crippen LogP contribution in [0.1, 0.15) is 50.0 Å². The molecule has 0 saturated carbocycles. The number of aryl methyl sites for hydroxylation is 2.